The van der Waals surface area contributed by atoms with Gasteiger partial charge in [-0.25, -0.2) is 15.0 Å². The van der Waals surface area contributed by atoms with Gasteiger partial charge in [0.15, 0.2) is 0 Å². The Labute approximate surface area is 164 Å². The second-order valence-corrected chi connectivity index (χ2v) is 7.43. The van der Waals surface area contributed by atoms with Crippen molar-refractivity contribution in [1.82, 2.24) is 24.8 Å². The Morgan fingerprint density at radius 2 is 2.07 bits per heavy atom. The number of methoxy groups -OCH3 is 1. The number of nitrogens with one attached hydrogen (secondary N) is 1. The summed E-state index contributed by atoms with van der Waals surface area (Å²) in [6.45, 7) is 1.25. The third kappa shape index (κ3) is 4.23. The molecule has 2 heterocycles. The van der Waals surface area contributed by atoms with E-state index in [1.54, 1.807) is 30.4 Å². The molecule has 1 saturated carbocycles. The monoisotopic (exact) mass is 385 g/mol. The van der Waals surface area contributed by atoms with Crippen LogP contribution in [-0.2, 0) is 22.3 Å². The van der Waals surface area contributed by atoms with Crippen LogP contribution in [0.25, 0.3) is 5.95 Å². The summed E-state index contributed by atoms with van der Waals surface area (Å²) in [6.07, 6.45) is 11.9. The summed E-state index contributed by atoms with van der Waals surface area (Å²) in [7, 11) is 1.68. The van der Waals surface area contributed by atoms with Crippen LogP contribution >= 0.6 is 0 Å². The number of fused-ring (bicyclic) bond motifs is 1. The fraction of sp³-hybridized carbons (Fsp3) is 0.600. The molecule has 1 fully saturated rings. The van der Waals surface area contributed by atoms with E-state index in [4.69, 9.17) is 9.47 Å². The fourth-order valence-corrected chi connectivity index (χ4v) is 4.03. The lowest BCUT2D eigenvalue weighted by molar-refractivity contribution is -0.00409. The van der Waals surface area contributed by atoms with E-state index in [1.807, 2.05) is 0 Å². The van der Waals surface area contributed by atoms with Gasteiger partial charge in [0.05, 0.1) is 19.3 Å². The van der Waals surface area contributed by atoms with E-state index in [9.17, 15) is 4.79 Å². The zero-order valence-electron chi connectivity index (χ0n) is 16.3. The minimum absolute atomic E-state index is 0.0920. The summed E-state index contributed by atoms with van der Waals surface area (Å²) in [6, 6.07) is 0.165. The number of aromatic nitrogens is 4. The molecule has 0 radical (unpaired) electrons. The van der Waals surface area contributed by atoms with Gasteiger partial charge >= 0.3 is 0 Å². The number of carbonyl (C=O) groups excluding carboxylic acids is 1. The van der Waals surface area contributed by atoms with Gasteiger partial charge < -0.3 is 14.8 Å². The summed E-state index contributed by atoms with van der Waals surface area (Å²) in [5, 5.41) is 3.19. The van der Waals surface area contributed by atoms with Crippen LogP contribution < -0.4 is 5.32 Å². The fourth-order valence-electron chi connectivity index (χ4n) is 4.03. The van der Waals surface area contributed by atoms with Gasteiger partial charge in [-0.3, -0.25) is 9.36 Å². The van der Waals surface area contributed by atoms with Crippen molar-refractivity contribution >= 4 is 5.91 Å². The first-order valence-corrected chi connectivity index (χ1v) is 10.0. The van der Waals surface area contributed by atoms with E-state index in [2.05, 4.69) is 20.3 Å². The SMILES string of the molecule is COCCOC1CCC(NC(=O)c2nc(-n3ccnc3)nc3c2CCC3)CC1. The van der Waals surface area contributed by atoms with E-state index in [0.717, 1.165) is 56.2 Å². The molecule has 2 aromatic rings. The number of rotatable bonds is 7. The maximum absolute atomic E-state index is 13.0. The zero-order chi connectivity index (χ0) is 19.3. The second-order valence-electron chi connectivity index (χ2n) is 7.43. The lowest BCUT2D eigenvalue weighted by atomic mass is 9.92. The predicted octanol–water partition coefficient (Wildman–Crippen LogP) is 1.85. The predicted molar refractivity (Wildman–Crippen MR) is 103 cm³/mol. The van der Waals surface area contributed by atoms with E-state index >= 15 is 0 Å². The summed E-state index contributed by atoms with van der Waals surface area (Å²) in [5.41, 5.74) is 2.50. The number of nitrogens with zero attached hydrogens (tertiary/aromatic N) is 4. The molecule has 1 amide bonds. The van der Waals surface area contributed by atoms with Crippen molar-refractivity contribution in [3.63, 3.8) is 0 Å². The molecule has 1 N–H and O–H groups in total. The van der Waals surface area contributed by atoms with Crippen LogP contribution in [0.2, 0.25) is 0 Å². The number of carbonyl (C=O) groups is 1. The Morgan fingerprint density at radius 1 is 1.21 bits per heavy atom. The molecule has 4 rings (SSSR count). The van der Waals surface area contributed by atoms with Gasteiger partial charge in [-0.15, -0.1) is 0 Å². The van der Waals surface area contributed by atoms with Crippen LogP contribution in [0.4, 0.5) is 0 Å². The number of ether oxygens (including phenoxy) is 2. The van der Waals surface area contributed by atoms with Crippen molar-refractivity contribution in [3.8, 4) is 5.95 Å². The van der Waals surface area contributed by atoms with Crippen molar-refractivity contribution in [3.05, 3.63) is 35.7 Å². The molecule has 8 nitrogen and oxygen atoms in total. The zero-order valence-corrected chi connectivity index (χ0v) is 16.3. The van der Waals surface area contributed by atoms with Gasteiger partial charge in [0.25, 0.3) is 5.91 Å². The largest absolute Gasteiger partial charge is 0.382 e. The highest BCUT2D eigenvalue weighted by atomic mass is 16.5. The normalized spacial score (nSPS) is 21.5. The molecule has 28 heavy (non-hydrogen) atoms. The highest BCUT2D eigenvalue weighted by Crippen LogP contribution is 2.25. The summed E-state index contributed by atoms with van der Waals surface area (Å²) < 4.78 is 12.6. The number of hydrogen-bond acceptors (Lipinski definition) is 6. The van der Waals surface area contributed by atoms with Crippen LogP contribution in [0.3, 0.4) is 0 Å². The van der Waals surface area contributed by atoms with Crippen LogP contribution in [0.5, 0.6) is 0 Å². The first kappa shape index (κ1) is 19.0. The first-order valence-electron chi connectivity index (χ1n) is 10.0. The highest BCUT2D eigenvalue weighted by molar-refractivity contribution is 5.94. The molecule has 0 atom stereocenters. The molecule has 0 unspecified atom stereocenters. The molecule has 0 bridgehead atoms. The maximum Gasteiger partial charge on any atom is 0.270 e. The molecule has 0 saturated heterocycles. The first-order chi connectivity index (χ1) is 13.7. The van der Waals surface area contributed by atoms with E-state index < -0.39 is 0 Å². The Morgan fingerprint density at radius 3 is 2.82 bits per heavy atom. The van der Waals surface area contributed by atoms with E-state index in [1.165, 1.54) is 0 Å². The average Bonchev–Trinajstić information content (AvgIpc) is 3.40. The van der Waals surface area contributed by atoms with Crippen molar-refractivity contribution in [1.29, 1.82) is 0 Å². The number of amides is 1. The molecule has 2 aromatic heterocycles. The molecule has 2 aliphatic carbocycles. The van der Waals surface area contributed by atoms with Gasteiger partial charge in [0, 0.05) is 36.8 Å². The van der Waals surface area contributed by atoms with Crippen molar-refractivity contribution in [2.75, 3.05) is 20.3 Å². The minimum atomic E-state index is -0.0920. The van der Waals surface area contributed by atoms with Crippen LogP contribution in [-0.4, -0.2) is 57.9 Å². The molecule has 0 aromatic carbocycles. The van der Waals surface area contributed by atoms with Gasteiger partial charge in [-0.05, 0) is 44.9 Å². The lowest BCUT2D eigenvalue weighted by Crippen LogP contribution is -2.40. The van der Waals surface area contributed by atoms with Crippen molar-refractivity contribution in [2.45, 2.75) is 57.1 Å². The molecule has 150 valence electrons. The quantitative estimate of drug-likeness (QED) is 0.732. The molecular formula is C20H27N5O3. The summed E-state index contributed by atoms with van der Waals surface area (Å²) >= 11 is 0. The third-order valence-electron chi connectivity index (χ3n) is 5.52. The van der Waals surface area contributed by atoms with Crippen molar-refractivity contribution < 1.29 is 14.3 Å². The van der Waals surface area contributed by atoms with E-state index in [-0.39, 0.29) is 18.1 Å². The molecular weight excluding hydrogens is 358 g/mol. The molecule has 0 spiro atoms. The standard InChI is InChI=1S/C20H27N5O3/c1-27-11-12-28-15-7-5-14(6-8-15)22-19(26)18-16-3-2-4-17(16)23-20(24-18)25-10-9-21-13-25/h9-10,13-15H,2-8,11-12H2,1H3,(H,22,26). The summed E-state index contributed by atoms with van der Waals surface area (Å²) in [4.78, 5) is 26.3. The Balaban J connectivity index is 1.41. The molecule has 0 aliphatic heterocycles. The van der Waals surface area contributed by atoms with E-state index in [0.29, 0.717) is 24.9 Å². The Bertz CT molecular complexity index is 800. The van der Waals surface area contributed by atoms with Gasteiger partial charge in [0.2, 0.25) is 5.95 Å². The highest BCUT2D eigenvalue weighted by Gasteiger charge is 2.27. The van der Waals surface area contributed by atoms with Gasteiger partial charge in [-0.1, -0.05) is 0 Å². The maximum atomic E-state index is 13.0. The molecule has 2 aliphatic rings. The topological polar surface area (TPSA) is 91.2 Å². The third-order valence-corrected chi connectivity index (χ3v) is 5.52. The lowest BCUT2D eigenvalue weighted by Gasteiger charge is -2.29. The number of hydrogen-bond donors (Lipinski definition) is 1. The number of imidazole rings is 1. The second kappa shape index (κ2) is 8.79. The smallest absolute Gasteiger partial charge is 0.270 e. The van der Waals surface area contributed by atoms with Gasteiger partial charge in [0.1, 0.15) is 12.0 Å². The Kier molecular flexibility index (Phi) is 5.97. The van der Waals surface area contributed by atoms with Crippen LogP contribution in [0.15, 0.2) is 18.7 Å². The van der Waals surface area contributed by atoms with Gasteiger partial charge in [-0.2, -0.15) is 0 Å². The average molecular weight is 385 g/mol. The minimum Gasteiger partial charge on any atom is -0.382 e. The van der Waals surface area contributed by atoms with Crippen LogP contribution in [0, 0.1) is 0 Å². The number of aryl methyl sites for hydroxylation is 1. The van der Waals surface area contributed by atoms with Crippen molar-refractivity contribution in [2.24, 2.45) is 0 Å². The van der Waals surface area contributed by atoms with Crippen LogP contribution in [0.1, 0.15) is 53.8 Å². The molecule has 8 heteroatoms. The Hall–Kier alpha value is -2.32. The summed E-state index contributed by atoms with van der Waals surface area (Å²) in [5.74, 6) is 0.421.